The molecule has 0 heterocycles. The first-order chi connectivity index (χ1) is 9.67. The highest BCUT2D eigenvalue weighted by molar-refractivity contribution is 7.98. The van der Waals surface area contributed by atoms with Crippen LogP contribution in [-0.4, -0.2) is 12.8 Å². The molecule has 0 saturated heterocycles. The van der Waals surface area contributed by atoms with Crippen LogP contribution in [0.5, 0.6) is 0 Å². The molecule has 0 fully saturated rings. The lowest BCUT2D eigenvalue weighted by Crippen LogP contribution is -2.22. The summed E-state index contributed by atoms with van der Waals surface area (Å²) in [4.78, 5) is 1.27. The maximum absolute atomic E-state index is 6.15. The van der Waals surface area contributed by atoms with Crippen LogP contribution in [-0.2, 0) is 0 Å². The zero-order valence-corrected chi connectivity index (χ0v) is 13.8. The molecule has 0 radical (unpaired) electrons. The molecule has 0 aliphatic heterocycles. The highest BCUT2D eigenvalue weighted by atomic mass is 35.5. The predicted octanol–water partition coefficient (Wildman–Crippen LogP) is 5.41. The number of thioether (sulfide) groups is 1. The molecule has 0 spiro atoms. The van der Waals surface area contributed by atoms with Crippen molar-refractivity contribution in [3.63, 3.8) is 0 Å². The van der Waals surface area contributed by atoms with Crippen molar-refractivity contribution < 1.29 is 0 Å². The Kier molecular flexibility index (Phi) is 5.79. The first-order valence-electron chi connectivity index (χ1n) is 6.48. The van der Waals surface area contributed by atoms with E-state index >= 15 is 0 Å². The summed E-state index contributed by atoms with van der Waals surface area (Å²) in [6.07, 6.45) is 2.09. The van der Waals surface area contributed by atoms with E-state index in [9.17, 15) is 0 Å². The van der Waals surface area contributed by atoms with Crippen LogP contribution in [0, 0.1) is 0 Å². The minimum absolute atomic E-state index is 0.124. The molecule has 1 atom stereocenters. The fourth-order valence-corrected chi connectivity index (χ4v) is 3.15. The number of halogens is 2. The van der Waals surface area contributed by atoms with Gasteiger partial charge in [-0.3, -0.25) is 0 Å². The Morgan fingerprint density at radius 3 is 2.50 bits per heavy atom. The third-order valence-corrected chi connectivity index (χ3v) is 4.69. The number of hydrogen-bond donors (Lipinski definition) is 1. The summed E-state index contributed by atoms with van der Waals surface area (Å²) in [6.45, 7) is 2.99. The van der Waals surface area contributed by atoms with Gasteiger partial charge in [0.1, 0.15) is 0 Å². The standard InChI is InChI=1S/C16H17Cl2NS/c1-3-19-16(11-8-9-13(17)14(18)10-11)12-6-4-5-7-15(12)20-2/h4-10,16,19H,3H2,1-2H3. The van der Waals surface area contributed by atoms with Crippen molar-refractivity contribution in [3.05, 3.63) is 63.6 Å². The quantitative estimate of drug-likeness (QED) is 0.737. The first kappa shape index (κ1) is 15.7. The maximum Gasteiger partial charge on any atom is 0.0595 e. The average Bonchev–Trinajstić information content (AvgIpc) is 2.48. The van der Waals surface area contributed by atoms with Crippen molar-refractivity contribution in [1.29, 1.82) is 0 Å². The van der Waals surface area contributed by atoms with Gasteiger partial charge in [-0.15, -0.1) is 11.8 Å². The van der Waals surface area contributed by atoms with E-state index in [1.807, 2.05) is 18.2 Å². The minimum Gasteiger partial charge on any atom is -0.306 e. The number of nitrogens with one attached hydrogen (secondary N) is 1. The molecule has 4 heteroatoms. The van der Waals surface area contributed by atoms with Crippen LogP contribution < -0.4 is 5.32 Å². The van der Waals surface area contributed by atoms with Crippen LogP contribution in [0.1, 0.15) is 24.1 Å². The highest BCUT2D eigenvalue weighted by Crippen LogP contribution is 2.33. The van der Waals surface area contributed by atoms with E-state index in [1.54, 1.807) is 11.8 Å². The van der Waals surface area contributed by atoms with Crippen LogP contribution in [0.15, 0.2) is 47.4 Å². The molecule has 0 aromatic heterocycles. The molecule has 0 bridgehead atoms. The van der Waals surface area contributed by atoms with Gasteiger partial charge in [0, 0.05) is 4.90 Å². The Morgan fingerprint density at radius 2 is 1.85 bits per heavy atom. The summed E-state index contributed by atoms with van der Waals surface area (Å²) in [5.41, 5.74) is 2.39. The molecule has 1 unspecified atom stereocenters. The molecule has 1 nitrogen and oxygen atoms in total. The second-order valence-corrected chi connectivity index (χ2v) is 6.07. The van der Waals surface area contributed by atoms with Crippen molar-refractivity contribution in [1.82, 2.24) is 5.32 Å². The van der Waals surface area contributed by atoms with Crippen LogP contribution in [0.3, 0.4) is 0 Å². The second kappa shape index (κ2) is 7.37. The SMILES string of the molecule is CCNC(c1ccc(Cl)c(Cl)c1)c1ccccc1SC. The van der Waals surface area contributed by atoms with Gasteiger partial charge in [0.15, 0.2) is 0 Å². The summed E-state index contributed by atoms with van der Waals surface area (Å²) < 4.78 is 0. The average molecular weight is 326 g/mol. The lowest BCUT2D eigenvalue weighted by molar-refractivity contribution is 0.622. The molecule has 0 saturated carbocycles. The summed E-state index contributed by atoms with van der Waals surface area (Å²) >= 11 is 13.9. The topological polar surface area (TPSA) is 12.0 Å². The van der Waals surface area contributed by atoms with Crippen LogP contribution in [0.2, 0.25) is 10.0 Å². The van der Waals surface area contributed by atoms with E-state index in [1.165, 1.54) is 10.5 Å². The third-order valence-electron chi connectivity index (χ3n) is 3.14. The Hall–Kier alpha value is -0.670. The second-order valence-electron chi connectivity index (χ2n) is 4.41. The Labute approximate surface area is 134 Å². The van der Waals surface area contributed by atoms with Crippen molar-refractivity contribution in [2.45, 2.75) is 17.9 Å². The van der Waals surface area contributed by atoms with Gasteiger partial charge < -0.3 is 5.32 Å². The van der Waals surface area contributed by atoms with Gasteiger partial charge in [-0.25, -0.2) is 0 Å². The molecule has 2 rings (SSSR count). The molecular weight excluding hydrogens is 309 g/mol. The first-order valence-corrected chi connectivity index (χ1v) is 8.46. The molecule has 20 heavy (non-hydrogen) atoms. The molecule has 106 valence electrons. The number of benzene rings is 2. The third kappa shape index (κ3) is 3.50. The van der Waals surface area contributed by atoms with Gasteiger partial charge in [-0.1, -0.05) is 54.4 Å². The van der Waals surface area contributed by atoms with Crippen molar-refractivity contribution in [3.8, 4) is 0 Å². The maximum atomic E-state index is 6.15. The van der Waals surface area contributed by atoms with Gasteiger partial charge in [0.25, 0.3) is 0 Å². The summed E-state index contributed by atoms with van der Waals surface area (Å²) in [5.74, 6) is 0. The zero-order valence-electron chi connectivity index (χ0n) is 11.5. The Bertz CT molecular complexity index is 586. The van der Waals surface area contributed by atoms with Crippen molar-refractivity contribution in [2.24, 2.45) is 0 Å². The van der Waals surface area contributed by atoms with Crippen LogP contribution in [0.25, 0.3) is 0 Å². The van der Waals surface area contributed by atoms with Gasteiger partial charge in [0.05, 0.1) is 16.1 Å². The van der Waals surface area contributed by atoms with Crippen molar-refractivity contribution in [2.75, 3.05) is 12.8 Å². The van der Waals surface area contributed by atoms with Gasteiger partial charge >= 0.3 is 0 Å². The van der Waals surface area contributed by atoms with Gasteiger partial charge in [-0.05, 0) is 42.1 Å². The molecule has 0 amide bonds. The van der Waals surface area contributed by atoms with E-state index in [0.717, 1.165) is 12.1 Å². The molecule has 2 aromatic carbocycles. The largest absolute Gasteiger partial charge is 0.306 e. The van der Waals surface area contributed by atoms with Crippen LogP contribution >= 0.6 is 35.0 Å². The van der Waals surface area contributed by atoms with Crippen molar-refractivity contribution >= 4 is 35.0 Å². The fraction of sp³-hybridized carbons (Fsp3) is 0.250. The molecule has 0 aliphatic carbocycles. The molecular formula is C16H17Cl2NS. The van der Waals surface area contributed by atoms with Crippen LogP contribution in [0.4, 0.5) is 0 Å². The fourth-order valence-electron chi connectivity index (χ4n) is 2.21. The molecule has 0 aliphatic rings. The van der Waals surface area contributed by atoms with Gasteiger partial charge in [-0.2, -0.15) is 0 Å². The Morgan fingerprint density at radius 1 is 1.10 bits per heavy atom. The van der Waals surface area contributed by atoms with E-state index in [0.29, 0.717) is 10.0 Å². The highest BCUT2D eigenvalue weighted by Gasteiger charge is 2.17. The summed E-state index contributed by atoms with van der Waals surface area (Å²) in [6, 6.07) is 14.4. The molecule has 1 N–H and O–H groups in total. The minimum atomic E-state index is 0.124. The summed E-state index contributed by atoms with van der Waals surface area (Å²) in [5, 5.41) is 4.70. The number of rotatable bonds is 5. The number of hydrogen-bond acceptors (Lipinski definition) is 2. The Balaban J connectivity index is 2.47. The smallest absolute Gasteiger partial charge is 0.0595 e. The predicted molar refractivity (Wildman–Crippen MR) is 90.2 cm³/mol. The van der Waals surface area contributed by atoms with E-state index < -0.39 is 0 Å². The van der Waals surface area contributed by atoms with E-state index in [2.05, 4.69) is 42.8 Å². The normalized spacial score (nSPS) is 12.4. The van der Waals surface area contributed by atoms with Gasteiger partial charge in [0.2, 0.25) is 0 Å². The monoisotopic (exact) mass is 325 g/mol. The summed E-state index contributed by atoms with van der Waals surface area (Å²) in [7, 11) is 0. The zero-order chi connectivity index (χ0) is 14.5. The van der Waals surface area contributed by atoms with E-state index in [4.69, 9.17) is 23.2 Å². The van der Waals surface area contributed by atoms with E-state index in [-0.39, 0.29) is 6.04 Å². The molecule has 2 aromatic rings. The lowest BCUT2D eigenvalue weighted by atomic mass is 9.98. The lowest BCUT2D eigenvalue weighted by Gasteiger charge is -2.21.